The smallest absolute Gasteiger partial charge is 0.252 e. The van der Waals surface area contributed by atoms with E-state index in [-0.39, 0.29) is 23.0 Å². The fourth-order valence-corrected chi connectivity index (χ4v) is 12.8. The first-order chi connectivity index (χ1) is 38.0. The molecule has 0 saturated carbocycles. The Morgan fingerprint density at radius 1 is 0.367 bits per heavy atom. The number of aryl methyl sites for hydroxylation is 1. The van der Waals surface area contributed by atoms with Gasteiger partial charge in [0.1, 0.15) is 11.2 Å². The molecule has 79 heavy (non-hydrogen) atoms. The molecular formula is C73H65BN4O. The van der Waals surface area contributed by atoms with E-state index in [9.17, 15) is 0 Å². The average molecular weight is 1030 g/mol. The van der Waals surface area contributed by atoms with Gasteiger partial charge in [-0.25, -0.2) is 0 Å². The summed E-state index contributed by atoms with van der Waals surface area (Å²) in [7, 11) is 0. The van der Waals surface area contributed by atoms with E-state index in [4.69, 9.17) is 4.42 Å². The van der Waals surface area contributed by atoms with Crippen molar-refractivity contribution < 1.29 is 4.42 Å². The Balaban J connectivity index is 1.04. The SMILES string of the molecule is Cc1cc2c3c(c1)N(c1ccc(C(C)(C)C)cc1)c1cc(C(C)(C)C)ccc1B3c1ccc(N(c3ccc(C(C)(C)C)cc3)c3ccc4c5ccccc5n(-c5ccccc5)c4c3)cc1N2c1ccc2c(c1)oc1ccccc12. The zero-order valence-corrected chi connectivity index (χ0v) is 47.0. The molecule has 4 heterocycles. The maximum Gasteiger partial charge on any atom is 0.252 e. The Hall–Kier alpha value is -8.74. The van der Waals surface area contributed by atoms with Crippen molar-refractivity contribution in [2.45, 2.75) is 85.5 Å². The Bertz CT molecular complexity index is 4390. The molecule has 2 aliphatic rings. The van der Waals surface area contributed by atoms with Gasteiger partial charge in [-0.05, 0) is 165 Å². The van der Waals surface area contributed by atoms with Crippen LogP contribution in [0.1, 0.15) is 84.6 Å². The van der Waals surface area contributed by atoms with Gasteiger partial charge in [0.15, 0.2) is 0 Å². The highest BCUT2D eigenvalue weighted by Gasteiger charge is 2.44. The molecule has 0 unspecified atom stereocenters. The first-order valence-electron chi connectivity index (χ1n) is 28.0. The third-order valence-corrected chi connectivity index (χ3v) is 16.9. The molecule has 0 N–H and O–H groups in total. The number of para-hydroxylation sites is 3. The van der Waals surface area contributed by atoms with Crippen molar-refractivity contribution in [1.82, 2.24) is 4.57 Å². The molecule has 0 amide bonds. The van der Waals surface area contributed by atoms with Crippen molar-refractivity contribution in [2.24, 2.45) is 0 Å². The molecule has 0 radical (unpaired) electrons. The van der Waals surface area contributed by atoms with Crippen molar-refractivity contribution in [3.05, 3.63) is 235 Å². The van der Waals surface area contributed by atoms with Gasteiger partial charge in [0.25, 0.3) is 6.71 Å². The van der Waals surface area contributed by atoms with Crippen molar-refractivity contribution in [3.8, 4) is 5.69 Å². The van der Waals surface area contributed by atoms with E-state index in [0.717, 1.165) is 73.0 Å². The summed E-state index contributed by atoms with van der Waals surface area (Å²) < 4.78 is 9.14. The number of hydrogen-bond acceptors (Lipinski definition) is 4. The highest BCUT2D eigenvalue weighted by Crippen LogP contribution is 2.49. The zero-order valence-electron chi connectivity index (χ0n) is 47.0. The van der Waals surface area contributed by atoms with Gasteiger partial charge in [-0.2, -0.15) is 0 Å². The molecule has 0 saturated heterocycles. The lowest BCUT2D eigenvalue weighted by atomic mass is 9.33. The second-order valence-electron chi connectivity index (χ2n) is 25.2. The molecule has 0 fully saturated rings. The number of anilines is 9. The van der Waals surface area contributed by atoms with E-state index in [2.05, 4.69) is 301 Å². The second kappa shape index (κ2) is 17.6. The lowest BCUT2D eigenvalue weighted by Crippen LogP contribution is -2.61. The third-order valence-electron chi connectivity index (χ3n) is 16.9. The lowest BCUT2D eigenvalue weighted by molar-refractivity contribution is 0.590. The minimum absolute atomic E-state index is 0.00801. The summed E-state index contributed by atoms with van der Waals surface area (Å²) in [5.41, 5.74) is 24.3. The fraction of sp³-hybridized carbons (Fsp3) is 0.178. The maximum atomic E-state index is 6.72. The number of rotatable bonds is 6. The Kier molecular flexibility index (Phi) is 10.9. The highest BCUT2D eigenvalue weighted by molar-refractivity contribution is 7.00. The zero-order chi connectivity index (χ0) is 54.3. The molecule has 386 valence electrons. The molecular weight excluding hydrogens is 960 g/mol. The standard InChI is InChI=1S/C73H65BN4O/c1-46-40-66-70-67(41-46)78(55-34-37-59-58-21-15-17-23-68(58)79-69(59)45-55)65-44-54(35-39-61(65)74(70)60-38-28-49(73(8,9)10)42-64(60)77(66)52-31-26-48(27-32-52)72(5,6)7)75(51-29-24-47(25-30-51)71(2,3)4)53-33-36-57-56-20-14-16-22-62(56)76(63(57)43-53)50-18-12-11-13-19-50/h11-45H,1-10H3. The lowest BCUT2D eigenvalue weighted by Gasteiger charge is -2.45. The summed E-state index contributed by atoms with van der Waals surface area (Å²) in [6.45, 7) is 22.9. The van der Waals surface area contributed by atoms with E-state index < -0.39 is 0 Å². The summed E-state index contributed by atoms with van der Waals surface area (Å²) in [6.07, 6.45) is 0. The van der Waals surface area contributed by atoms with Crippen LogP contribution in [0, 0.1) is 6.92 Å². The van der Waals surface area contributed by atoms with Crippen LogP contribution in [0.25, 0.3) is 49.4 Å². The van der Waals surface area contributed by atoms with Crippen LogP contribution >= 0.6 is 0 Å². The summed E-state index contributed by atoms with van der Waals surface area (Å²) in [4.78, 5) is 7.54. The average Bonchev–Trinajstić information content (AvgIpc) is 4.12. The number of benzene rings is 10. The molecule has 2 aliphatic heterocycles. The van der Waals surface area contributed by atoms with Gasteiger partial charge in [0, 0.05) is 84.5 Å². The first-order valence-corrected chi connectivity index (χ1v) is 28.0. The van der Waals surface area contributed by atoms with Crippen molar-refractivity contribution in [3.63, 3.8) is 0 Å². The van der Waals surface area contributed by atoms with E-state index in [1.165, 1.54) is 66.3 Å². The minimum atomic E-state index is -0.0626. The van der Waals surface area contributed by atoms with Gasteiger partial charge in [-0.1, -0.05) is 165 Å². The molecule has 14 rings (SSSR count). The van der Waals surface area contributed by atoms with E-state index in [0.29, 0.717) is 0 Å². The molecule has 6 heteroatoms. The molecule has 5 nitrogen and oxygen atoms in total. The van der Waals surface area contributed by atoms with Crippen LogP contribution in [0.3, 0.4) is 0 Å². The van der Waals surface area contributed by atoms with Crippen LogP contribution in [0.15, 0.2) is 217 Å². The van der Waals surface area contributed by atoms with Crippen molar-refractivity contribution in [1.29, 1.82) is 0 Å². The predicted molar refractivity (Wildman–Crippen MR) is 338 cm³/mol. The van der Waals surface area contributed by atoms with Gasteiger partial charge in [0.2, 0.25) is 0 Å². The van der Waals surface area contributed by atoms with E-state index in [1.807, 2.05) is 0 Å². The summed E-state index contributed by atoms with van der Waals surface area (Å²) in [5.74, 6) is 0. The van der Waals surface area contributed by atoms with Gasteiger partial charge < -0.3 is 23.7 Å². The summed E-state index contributed by atoms with van der Waals surface area (Å²) in [5, 5.41) is 4.68. The second-order valence-corrected chi connectivity index (χ2v) is 25.2. The first kappa shape index (κ1) is 48.6. The fourth-order valence-electron chi connectivity index (χ4n) is 12.8. The van der Waals surface area contributed by atoms with Crippen molar-refractivity contribution in [2.75, 3.05) is 14.7 Å². The largest absolute Gasteiger partial charge is 0.456 e. The van der Waals surface area contributed by atoms with Crippen LogP contribution in [0.2, 0.25) is 0 Å². The van der Waals surface area contributed by atoms with E-state index >= 15 is 0 Å². The number of fused-ring (bicyclic) bond motifs is 10. The molecule has 10 aromatic carbocycles. The topological polar surface area (TPSA) is 27.8 Å². The number of furan rings is 1. The molecule has 2 aromatic heterocycles. The van der Waals surface area contributed by atoms with Gasteiger partial charge >= 0.3 is 0 Å². The van der Waals surface area contributed by atoms with Crippen LogP contribution in [-0.2, 0) is 16.2 Å². The summed E-state index contributed by atoms with van der Waals surface area (Å²) in [6, 6.07) is 79.7. The third kappa shape index (κ3) is 7.89. The van der Waals surface area contributed by atoms with Crippen LogP contribution < -0.4 is 31.1 Å². The van der Waals surface area contributed by atoms with Crippen LogP contribution in [0.5, 0.6) is 0 Å². The Morgan fingerprint density at radius 3 is 1.57 bits per heavy atom. The highest BCUT2D eigenvalue weighted by atomic mass is 16.3. The summed E-state index contributed by atoms with van der Waals surface area (Å²) >= 11 is 0. The number of aromatic nitrogens is 1. The number of hydrogen-bond donors (Lipinski definition) is 0. The van der Waals surface area contributed by atoms with Crippen LogP contribution in [-0.4, -0.2) is 11.3 Å². The predicted octanol–water partition coefficient (Wildman–Crippen LogP) is 18.4. The Labute approximate surface area is 465 Å². The van der Waals surface area contributed by atoms with E-state index in [1.54, 1.807) is 0 Å². The molecule has 0 atom stereocenters. The quantitative estimate of drug-likeness (QED) is 0.155. The normalized spacial score (nSPS) is 13.4. The minimum Gasteiger partial charge on any atom is -0.456 e. The molecule has 0 aliphatic carbocycles. The van der Waals surface area contributed by atoms with Crippen molar-refractivity contribution >= 4 is 118 Å². The molecule has 12 aromatic rings. The maximum absolute atomic E-state index is 6.72. The molecule has 0 bridgehead atoms. The number of nitrogens with zero attached hydrogens (tertiary/aromatic N) is 4. The Morgan fingerprint density at radius 2 is 0.873 bits per heavy atom. The molecule has 0 spiro atoms. The monoisotopic (exact) mass is 1020 g/mol. The van der Waals surface area contributed by atoms with Crippen LogP contribution in [0.4, 0.5) is 51.2 Å². The van der Waals surface area contributed by atoms with Gasteiger partial charge in [-0.3, -0.25) is 0 Å². The van der Waals surface area contributed by atoms with Gasteiger partial charge in [-0.15, -0.1) is 0 Å². The van der Waals surface area contributed by atoms with Gasteiger partial charge in [0.05, 0.1) is 11.0 Å².